The highest BCUT2D eigenvalue weighted by Crippen LogP contribution is 2.24. The zero-order valence-corrected chi connectivity index (χ0v) is 10.8. The van der Waals surface area contributed by atoms with Gasteiger partial charge in [-0.05, 0) is 42.9 Å². The van der Waals surface area contributed by atoms with Crippen molar-refractivity contribution in [2.75, 3.05) is 0 Å². The fourth-order valence-corrected chi connectivity index (χ4v) is 2.03. The summed E-state index contributed by atoms with van der Waals surface area (Å²) < 4.78 is 42.2. The van der Waals surface area contributed by atoms with Gasteiger partial charge in [0.05, 0.1) is 0 Å². The number of aryl methyl sites for hydroxylation is 1. The van der Waals surface area contributed by atoms with Crippen LogP contribution in [0.3, 0.4) is 0 Å². The van der Waals surface area contributed by atoms with E-state index in [0.717, 1.165) is 12.1 Å². The minimum Gasteiger partial charge on any atom is -0.406 e. The number of nitrogens with one attached hydrogen (secondary N) is 1. The first-order valence-electron chi connectivity index (χ1n) is 5.56. The van der Waals surface area contributed by atoms with Gasteiger partial charge in [-0.2, -0.15) is 0 Å². The summed E-state index contributed by atoms with van der Waals surface area (Å²) in [4.78, 5) is 2.91. The van der Waals surface area contributed by atoms with Gasteiger partial charge in [-0.3, -0.25) is 4.57 Å². The molecule has 0 aliphatic rings. The maximum Gasteiger partial charge on any atom is 0.573 e. The van der Waals surface area contributed by atoms with Crippen LogP contribution in [0, 0.1) is 4.77 Å². The van der Waals surface area contributed by atoms with Crippen LogP contribution in [-0.2, 0) is 6.42 Å². The molecule has 0 saturated heterocycles. The van der Waals surface area contributed by atoms with E-state index in [1.165, 1.54) is 24.3 Å². The Morgan fingerprint density at radius 1 is 1.26 bits per heavy atom. The van der Waals surface area contributed by atoms with Gasteiger partial charge in [-0.1, -0.05) is 6.92 Å². The maximum absolute atomic E-state index is 12.0. The largest absolute Gasteiger partial charge is 0.573 e. The summed E-state index contributed by atoms with van der Waals surface area (Å²) in [5.41, 5.74) is 1.65. The molecule has 2 rings (SSSR count). The number of imidazole rings is 1. The Labute approximate surface area is 112 Å². The second-order valence-electron chi connectivity index (χ2n) is 3.82. The number of benzene rings is 1. The Morgan fingerprint density at radius 3 is 2.42 bits per heavy atom. The van der Waals surface area contributed by atoms with Crippen LogP contribution in [-0.4, -0.2) is 15.9 Å². The predicted octanol–water partition coefficient (Wildman–Crippen LogP) is 4.00. The molecule has 0 bridgehead atoms. The van der Waals surface area contributed by atoms with Crippen LogP contribution in [0.5, 0.6) is 5.75 Å². The molecule has 0 spiro atoms. The summed E-state index contributed by atoms with van der Waals surface area (Å²) in [6, 6.07) is 5.59. The quantitative estimate of drug-likeness (QED) is 0.865. The third-order valence-electron chi connectivity index (χ3n) is 2.54. The number of alkyl halides is 3. The van der Waals surface area contributed by atoms with Gasteiger partial charge in [0.2, 0.25) is 0 Å². The van der Waals surface area contributed by atoms with E-state index < -0.39 is 6.36 Å². The van der Waals surface area contributed by atoms with E-state index in [1.807, 2.05) is 6.92 Å². The SMILES string of the molecule is CCc1c[nH]c(=S)n1-c1ccc(OC(F)(F)F)cc1. The average molecular weight is 288 g/mol. The lowest BCUT2D eigenvalue weighted by atomic mass is 10.3. The van der Waals surface area contributed by atoms with E-state index in [1.54, 1.807) is 10.8 Å². The molecule has 3 nitrogen and oxygen atoms in total. The molecular weight excluding hydrogens is 277 g/mol. The lowest BCUT2D eigenvalue weighted by Gasteiger charge is -2.10. The Balaban J connectivity index is 2.33. The van der Waals surface area contributed by atoms with Gasteiger partial charge in [0.1, 0.15) is 5.75 Å². The molecule has 0 aliphatic carbocycles. The van der Waals surface area contributed by atoms with Crippen LogP contribution < -0.4 is 4.74 Å². The van der Waals surface area contributed by atoms with Gasteiger partial charge < -0.3 is 9.72 Å². The number of halogens is 3. The van der Waals surface area contributed by atoms with E-state index in [2.05, 4.69) is 9.72 Å². The molecule has 0 radical (unpaired) electrons. The zero-order valence-electron chi connectivity index (χ0n) is 9.99. The van der Waals surface area contributed by atoms with Crippen LogP contribution in [0.4, 0.5) is 13.2 Å². The van der Waals surface area contributed by atoms with Crippen LogP contribution >= 0.6 is 12.2 Å². The molecule has 0 saturated carbocycles. The lowest BCUT2D eigenvalue weighted by Crippen LogP contribution is -2.17. The Kier molecular flexibility index (Phi) is 3.66. The van der Waals surface area contributed by atoms with Crippen molar-refractivity contribution in [1.82, 2.24) is 9.55 Å². The number of nitrogens with zero attached hydrogens (tertiary/aromatic N) is 1. The summed E-state index contributed by atoms with van der Waals surface area (Å²) in [5.74, 6) is -0.253. The van der Waals surface area contributed by atoms with Crippen LogP contribution in [0.15, 0.2) is 30.5 Å². The summed E-state index contributed by atoms with van der Waals surface area (Å²) >= 11 is 5.14. The third kappa shape index (κ3) is 3.17. The molecule has 1 aromatic heterocycles. The third-order valence-corrected chi connectivity index (χ3v) is 2.84. The summed E-state index contributed by atoms with van der Waals surface area (Å²) in [5, 5.41) is 0. The van der Waals surface area contributed by atoms with Crippen molar-refractivity contribution in [3.05, 3.63) is 40.9 Å². The van der Waals surface area contributed by atoms with Crippen LogP contribution in [0.2, 0.25) is 0 Å². The van der Waals surface area contributed by atoms with E-state index >= 15 is 0 Å². The highest BCUT2D eigenvalue weighted by atomic mass is 32.1. The number of ether oxygens (including phenoxy) is 1. The topological polar surface area (TPSA) is 29.9 Å². The normalized spacial score (nSPS) is 11.6. The van der Waals surface area contributed by atoms with Crippen molar-refractivity contribution in [3.8, 4) is 11.4 Å². The van der Waals surface area contributed by atoms with Gasteiger partial charge >= 0.3 is 6.36 Å². The summed E-state index contributed by atoms with van der Waals surface area (Å²) in [6.45, 7) is 1.97. The molecule has 0 unspecified atom stereocenters. The minimum atomic E-state index is -4.68. The fourth-order valence-electron chi connectivity index (χ4n) is 1.74. The Hall–Kier alpha value is -1.76. The highest BCUT2D eigenvalue weighted by molar-refractivity contribution is 7.71. The molecule has 1 heterocycles. The second kappa shape index (κ2) is 5.08. The first-order chi connectivity index (χ1) is 8.90. The van der Waals surface area contributed by atoms with Crippen molar-refractivity contribution in [2.45, 2.75) is 19.7 Å². The number of aromatic nitrogens is 2. The van der Waals surface area contributed by atoms with E-state index in [0.29, 0.717) is 10.5 Å². The average Bonchev–Trinajstić information content (AvgIpc) is 2.69. The van der Waals surface area contributed by atoms with Gasteiger partial charge in [-0.15, -0.1) is 13.2 Å². The molecule has 0 amide bonds. The second-order valence-corrected chi connectivity index (χ2v) is 4.20. The van der Waals surface area contributed by atoms with Gasteiger partial charge in [0.25, 0.3) is 0 Å². The van der Waals surface area contributed by atoms with Gasteiger partial charge in [0.15, 0.2) is 4.77 Å². The molecular formula is C12H11F3N2OS. The van der Waals surface area contributed by atoms with Gasteiger partial charge in [0, 0.05) is 17.6 Å². The molecule has 2 aromatic rings. The number of hydrogen-bond acceptors (Lipinski definition) is 2. The van der Waals surface area contributed by atoms with Crippen LogP contribution in [0.25, 0.3) is 5.69 Å². The number of rotatable bonds is 3. The van der Waals surface area contributed by atoms with Crippen molar-refractivity contribution in [1.29, 1.82) is 0 Å². The monoisotopic (exact) mass is 288 g/mol. The number of aromatic amines is 1. The van der Waals surface area contributed by atoms with E-state index in [9.17, 15) is 13.2 Å². The molecule has 1 aromatic carbocycles. The molecule has 0 aliphatic heterocycles. The Bertz CT molecular complexity index is 613. The molecule has 7 heteroatoms. The number of H-pyrrole nitrogens is 1. The predicted molar refractivity (Wildman–Crippen MR) is 67.0 cm³/mol. The molecule has 0 fully saturated rings. The summed E-state index contributed by atoms with van der Waals surface area (Å²) in [7, 11) is 0. The highest BCUT2D eigenvalue weighted by Gasteiger charge is 2.30. The zero-order chi connectivity index (χ0) is 14.0. The molecule has 102 valence electrons. The van der Waals surface area contributed by atoms with Crippen molar-refractivity contribution >= 4 is 12.2 Å². The van der Waals surface area contributed by atoms with E-state index in [4.69, 9.17) is 12.2 Å². The lowest BCUT2D eigenvalue weighted by molar-refractivity contribution is -0.274. The van der Waals surface area contributed by atoms with E-state index in [-0.39, 0.29) is 5.75 Å². The Morgan fingerprint density at radius 2 is 1.89 bits per heavy atom. The molecule has 0 atom stereocenters. The van der Waals surface area contributed by atoms with Crippen molar-refractivity contribution in [3.63, 3.8) is 0 Å². The molecule has 19 heavy (non-hydrogen) atoms. The number of hydrogen-bond donors (Lipinski definition) is 1. The summed E-state index contributed by atoms with van der Waals surface area (Å²) in [6.07, 6.45) is -2.14. The minimum absolute atomic E-state index is 0.253. The standard InChI is InChI=1S/C12H11F3N2OS/c1-2-8-7-16-11(19)17(8)9-3-5-10(6-4-9)18-12(13,14)15/h3-7H,2H2,1H3,(H,16,19). The fraction of sp³-hybridized carbons (Fsp3) is 0.250. The van der Waals surface area contributed by atoms with Crippen molar-refractivity contribution < 1.29 is 17.9 Å². The molecule has 1 N–H and O–H groups in total. The van der Waals surface area contributed by atoms with Gasteiger partial charge in [-0.25, -0.2) is 0 Å². The maximum atomic E-state index is 12.0. The smallest absolute Gasteiger partial charge is 0.406 e. The first-order valence-corrected chi connectivity index (χ1v) is 5.97. The first kappa shape index (κ1) is 13.7. The van der Waals surface area contributed by atoms with Crippen LogP contribution in [0.1, 0.15) is 12.6 Å². The van der Waals surface area contributed by atoms with Crippen molar-refractivity contribution in [2.24, 2.45) is 0 Å².